The number of piperidine rings is 1. The Hall–Kier alpha value is -2.90. The second kappa shape index (κ2) is 12.7. The molecule has 1 saturated heterocycles. The van der Waals surface area contributed by atoms with Crippen LogP contribution in [0.4, 0.5) is 0 Å². The van der Waals surface area contributed by atoms with Crippen LogP contribution in [0.5, 0.6) is 0 Å². The first-order valence-electron chi connectivity index (χ1n) is 14.8. The smallest absolute Gasteiger partial charge is 0.245 e. The molecule has 0 radical (unpaired) electrons. The molecule has 5 rings (SSSR count). The van der Waals surface area contributed by atoms with Crippen LogP contribution in [0.3, 0.4) is 0 Å². The van der Waals surface area contributed by atoms with Crippen molar-refractivity contribution in [1.29, 1.82) is 0 Å². The molecule has 1 unspecified atom stereocenters. The maximum Gasteiger partial charge on any atom is 0.245 e. The number of carbonyl (C=O) groups is 3. The quantitative estimate of drug-likeness (QED) is 0.474. The van der Waals surface area contributed by atoms with Crippen LogP contribution < -0.4 is 16.0 Å². The highest BCUT2D eigenvalue weighted by molar-refractivity contribution is 6.30. The highest BCUT2D eigenvalue weighted by Gasteiger charge is 2.48. The molecule has 3 N–H and O–H groups in total. The van der Waals surface area contributed by atoms with Crippen molar-refractivity contribution in [3.05, 3.63) is 70.2 Å². The number of amides is 3. The summed E-state index contributed by atoms with van der Waals surface area (Å²) in [6, 6.07) is 14.5. The van der Waals surface area contributed by atoms with Crippen molar-refractivity contribution in [2.45, 2.75) is 76.4 Å². The minimum absolute atomic E-state index is 0.0892. The molecule has 1 aliphatic carbocycles. The van der Waals surface area contributed by atoms with E-state index in [2.05, 4.69) is 28.1 Å². The summed E-state index contributed by atoms with van der Waals surface area (Å²) in [6.45, 7) is 1.66. The number of benzene rings is 2. The monoisotopic (exact) mass is 564 g/mol. The minimum Gasteiger partial charge on any atom is -0.359 e. The Bertz CT molecular complexity index is 1200. The van der Waals surface area contributed by atoms with Crippen LogP contribution in [0.25, 0.3) is 0 Å². The molecule has 7 nitrogen and oxygen atoms in total. The number of nitrogens with zero attached hydrogens (tertiary/aromatic N) is 1. The third-order valence-corrected chi connectivity index (χ3v) is 9.65. The van der Waals surface area contributed by atoms with Gasteiger partial charge in [-0.15, -0.1) is 0 Å². The number of fused-ring (bicyclic) bond motifs is 1. The average molecular weight is 565 g/mol. The highest BCUT2D eigenvalue weighted by atomic mass is 35.5. The predicted octanol–water partition coefficient (Wildman–Crippen LogP) is 4.02. The van der Waals surface area contributed by atoms with Crippen molar-refractivity contribution >= 4 is 29.3 Å². The molecule has 8 heteroatoms. The summed E-state index contributed by atoms with van der Waals surface area (Å²) in [5, 5.41) is 9.99. The molecule has 3 aliphatic rings. The van der Waals surface area contributed by atoms with Gasteiger partial charge in [-0.2, -0.15) is 0 Å². The number of hydrogen-bond acceptors (Lipinski definition) is 4. The van der Waals surface area contributed by atoms with E-state index in [0.717, 1.165) is 24.0 Å². The normalized spacial score (nSPS) is 21.6. The number of hydrogen-bond donors (Lipinski definition) is 3. The molecule has 0 bridgehead atoms. The van der Waals surface area contributed by atoms with E-state index in [-0.39, 0.29) is 17.7 Å². The van der Waals surface area contributed by atoms with Gasteiger partial charge in [0, 0.05) is 38.1 Å². The van der Waals surface area contributed by atoms with Crippen LogP contribution in [-0.2, 0) is 33.8 Å². The standard InChI is InChI=1S/C32H41ClN4O3/c1-34-31(40)32(25-9-3-2-4-10-25)15-17-37(18-16-32)30(39)28(19-22-11-13-26(33)14-12-22)36-29(38)27-20-23-7-5-6-8-24(23)21-35-27/h5-8,11-14,25,27-28,35H,2-4,9-10,15-21H2,1H3,(H,34,40)(H,36,38)/t27-,28?/m1/s1. The lowest BCUT2D eigenvalue weighted by molar-refractivity contribution is -0.146. The average Bonchev–Trinajstić information content (AvgIpc) is 3.01. The summed E-state index contributed by atoms with van der Waals surface area (Å²) in [7, 11) is 1.72. The summed E-state index contributed by atoms with van der Waals surface area (Å²) in [5.74, 6) is 0.221. The minimum atomic E-state index is -0.699. The molecule has 2 aromatic carbocycles. The first-order valence-corrected chi connectivity index (χ1v) is 15.1. The third kappa shape index (κ3) is 6.21. The second-order valence-electron chi connectivity index (χ2n) is 11.7. The zero-order chi connectivity index (χ0) is 28.1. The van der Waals surface area contributed by atoms with E-state index in [0.29, 0.717) is 56.3 Å². The maximum absolute atomic E-state index is 14.0. The SMILES string of the molecule is CNC(=O)C1(C2CCCCC2)CCN(C(=O)C(Cc2ccc(Cl)cc2)NC(=O)[C@H]2Cc3ccccc3CN2)CC1. The summed E-state index contributed by atoms with van der Waals surface area (Å²) in [4.78, 5) is 42.5. The lowest BCUT2D eigenvalue weighted by atomic mass is 9.63. The van der Waals surface area contributed by atoms with Gasteiger partial charge < -0.3 is 20.9 Å². The molecule has 0 aromatic heterocycles. The molecule has 2 aliphatic heterocycles. The van der Waals surface area contributed by atoms with E-state index < -0.39 is 17.5 Å². The van der Waals surface area contributed by atoms with Gasteiger partial charge in [0.15, 0.2) is 0 Å². The molecule has 2 heterocycles. The summed E-state index contributed by atoms with van der Waals surface area (Å²) in [5.41, 5.74) is 2.88. The van der Waals surface area contributed by atoms with Crippen LogP contribution in [0, 0.1) is 11.3 Å². The Morgan fingerprint density at radius 1 is 1.00 bits per heavy atom. The van der Waals surface area contributed by atoms with Gasteiger partial charge in [0.05, 0.1) is 11.5 Å². The topological polar surface area (TPSA) is 90.5 Å². The van der Waals surface area contributed by atoms with Gasteiger partial charge in [0.25, 0.3) is 0 Å². The third-order valence-electron chi connectivity index (χ3n) is 9.40. The molecule has 2 fully saturated rings. The van der Waals surface area contributed by atoms with Gasteiger partial charge in [-0.05, 0) is 66.8 Å². The number of nitrogens with one attached hydrogen (secondary N) is 3. The first kappa shape index (κ1) is 28.6. The Balaban J connectivity index is 1.30. The largest absolute Gasteiger partial charge is 0.359 e. The second-order valence-corrected chi connectivity index (χ2v) is 12.1. The van der Waals surface area contributed by atoms with E-state index in [1.54, 1.807) is 7.05 Å². The number of carbonyl (C=O) groups excluding carboxylic acids is 3. The fourth-order valence-electron chi connectivity index (χ4n) is 7.04. The molecule has 2 aromatic rings. The fraction of sp³-hybridized carbons (Fsp3) is 0.531. The van der Waals surface area contributed by atoms with Crippen molar-refractivity contribution in [2.24, 2.45) is 11.3 Å². The van der Waals surface area contributed by atoms with Gasteiger partial charge in [0.2, 0.25) is 17.7 Å². The van der Waals surface area contributed by atoms with Crippen LogP contribution in [0.2, 0.25) is 5.02 Å². The summed E-state index contributed by atoms with van der Waals surface area (Å²) >= 11 is 6.10. The molecule has 1 saturated carbocycles. The summed E-state index contributed by atoms with van der Waals surface area (Å²) < 4.78 is 0. The summed E-state index contributed by atoms with van der Waals surface area (Å²) in [6.07, 6.45) is 8.01. The first-order chi connectivity index (χ1) is 19.4. The maximum atomic E-state index is 14.0. The molecule has 40 heavy (non-hydrogen) atoms. The number of likely N-dealkylation sites (tertiary alicyclic amines) is 1. The van der Waals surface area contributed by atoms with Crippen LogP contribution in [0.15, 0.2) is 48.5 Å². The Labute approximate surface area is 242 Å². The van der Waals surface area contributed by atoms with Gasteiger partial charge in [-0.25, -0.2) is 0 Å². The lowest BCUT2D eigenvalue weighted by Crippen LogP contribution is -2.58. The van der Waals surface area contributed by atoms with E-state index in [4.69, 9.17) is 11.6 Å². The van der Waals surface area contributed by atoms with Gasteiger partial charge in [-0.3, -0.25) is 14.4 Å². The molecule has 0 spiro atoms. The van der Waals surface area contributed by atoms with Crippen molar-refractivity contribution in [1.82, 2.24) is 20.9 Å². The van der Waals surface area contributed by atoms with Gasteiger partial charge >= 0.3 is 0 Å². The molecule has 214 valence electrons. The number of halogens is 1. The Morgan fingerprint density at radius 3 is 2.35 bits per heavy atom. The van der Waals surface area contributed by atoms with E-state index in [9.17, 15) is 14.4 Å². The van der Waals surface area contributed by atoms with Crippen molar-refractivity contribution in [3.8, 4) is 0 Å². The van der Waals surface area contributed by atoms with Crippen LogP contribution in [-0.4, -0.2) is 54.8 Å². The van der Waals surface area contributed by atoms with Gasteiger partial charge in [-0.1, -0.05) is 67.3 Å². The molecule has 3 amide bonds. The highest BCUT2D eigenvalue weighted by Crippen LogP contribution is 2.46. The van der Waals surface area contributed by atoms with Crippen molar-refractivity contribution < 1.29 is 14.4 Å². The van der Waals surface area contributed by atoms with Crippen LogP contribution in [0.1, 0.15) is 61.6 Å². The number of rotatable bonds is 7. The van der Waals surface area contributed by atoms with Crippen molar-refractivity contribution in [3.63, 3.8) is 0 Å². The fourth-order valence-corrected chi connectivity index (χ4v) is 7.17. The van der Waals surface area contributed by atoms with Crippen LogP contribution >= 0.6 is 11.6 Å². The van der Waals surface area contributed by atoms with E-state index >= 15 is 0 Å². The molecule has 2 atom stereocenters. The zero-order valence-electron chi connectivity index (χ0n) is 23.4. The molecular weight excluding hydrogens is 524 g/mol. The van der Waals surface area contributed by atoms with E-state index in [1.807, 2.05) is 41.3 Å². The van der Waals surface area contributed by atoms with Crippen molar-refractivity contribution in [2.75, 3.05) is 20.1 Å². The van der Waals surface area contributed by atoms with E-state index in [1.165, 1.54) is 24.8 Å². The Kier molecular flexibility index (Phi) is 9.11. The predicted molar refractivity (Wildman–Crippen MR) is 157 cm³/mol. The Morgan fingerprint density at radius 2 is 1.68 bits per heavy atom. The lowest BCUT2D eigenvalue weighted by Gasteiger charge is -2.47. The molecular formula is C32H41ClN4O3. The zero-order valence-corrected chi connectivity index (χ0v) is 24.1. The van der Waals surface area contributed by atoms with Gasteiger partial charge in [0.1, 0.15) is 6.04 Å².